The second-order valence-corrected chi connectivity index (χ2v) is 7.73. The van der Waals surface area contributed by atoms with Crippen LogP contribution in [0.25, 0.3) is 0 Å². The van der Waals surface area contributed by atoms with E-state index in [-0.39, 0.29) is 25.9 Å². The van der Waals surface area contributed by atoms with Crippen molar-refractivity contribution in [1.29, 1.82) is 0 Å². The van der Waals surface area contributed by atoms with Crippen molar-refractivity contribution < 1.29 is 18.0 Å². The predicted octanol–water partition coefficient (Wildman–Crippen LogP) is 2.95. The fourth-order valence-corrected chi connectivity index (χ4v) is 5.06. The molecule has 0 unspecified atom stereocenters. The molecule has 2 amide bonds. The van der Waals surface area contributed by atoms with Crippen LogP contribution in [-0.2, 0) is 15.2 Å². The Morgan fingerprint density at radius 1 is 1.04 bits per heavy atom. The van der Waals surface area contributed by atoms with Crippen LogP contribution in [0.15, 0.2) is 46.2 Å². The van der Waals surface area contributed by atoms with E-state index >= 15 is 0 Å². The van der Waals surface area contributed by atoms with E-state index in [1.807, 2.05) is 0 Å². The van der Waals surface area contributed by atoms with Gasteiger partial charge >= 0.3 is 0 Å². The number of hydrogen-bond acceptors (Lipinski definition) is 4. The summed E-state index contributed by atoms with van der Waals surface area (Å²) in [6.45, 7) is 0. The number of alkyl halides is 1. The lowest BCUT2D eigenvalue weighted by atomic mass is 10.1. The van der Waals surface area contributed by atoms with E-state index in [2.05, 4.69) is 21.2 Å². The Morgan fingerprint density at radius 2 is 1.78 bits per heavy atom. The Hall–Kier alpha value is -1.70. The fourth-order valence-electron chi connectivity index (χ4n) is 2.42. The lowest BCUT2D eigenvalue weighted by Crippen LogP contribution is -2.20. The fraction of sp³-hybridized carbons (Fsp3) is 0.0667. The summed E-state index contributed by atoms with van der Waals surface area (Å²) in [5, 5.41) is 2.68. The topological polar surface area (TPSA) is 80.3 Å². The minimum Gasteiger partial charge on any atom is -0.288 e. The third kappa shape index (κ3) is 2.58. The Balaban J connectivity index is 2.30. The van der Waals surface area contributed by atoms with Gasteiger partial charge in [-0.3, -0.25) is 14.9 Å². The minimum atomic E-state index is -4.01. The molecule has 118 valence electrons. The monoisotopic (exact) mass is 413 g/mol. The summed E-state index contributed by atoms with van der Waals surface area (Å²) in [7, 11) is -4.01. The van der Waals surface area contributed by atoms with E-state index in [4.69, 9.17) is 11.6 Å². The van der Waals surface area contributed by atoms with E-state index in [0.717, 1.165) is 0 Å². The van der Waals surface area contributed by atoms with Crippen molar-refractivity contribution in [2.24, 2.45) is 0 Å². The molecule has 0 fully saturated rings. The molecule has 2 aromatic rings. The Labute approximate surface area is 145 Å². The molecular weight excluding hydrogens is 406 g/mol. The number of imide groups is 1. The van der Waals surface area contributed by atoms with Gasteiger partial charge in [0.2, 0.25) is 9.84 Å². The maximum Gasteiger partial charge on any atom is 0.260 e. The molecule has 0 aromatic heterocycles. The standard InChI is InChI=1S/C15H9BrClNO4S/c16-7-8-4-5-9(17)6-12(8)23(21,22)11-3-1-2-10-13(11)15(20)18-14(10)19/h1-6H,7H2,(H,18,19,20). The maximum atomic E-state index is 13.0. The number of benzene rings is 2. The highest BCUT2D eigenvalue weighted by Gasteiger charge is 2.35. The third-order valence-corrected chi connectivity index (χ3v) is 6.19. The van der Waals surface area contributed by atoms with Crippen LogP contribution in [0.5, 0.6) is 0 Å². The first-order chi connectivity index (χ1) is 10.9. The normalized spacial score (nSPS) is 13.8. The lowest BCUT2D eigenvalue weighted by molar-refractivity contribution is 0.0878. The number of hydrogen-bond donors (Lipinski definition) is 1. The largest absolute Gasteiger partial charge is 0.288 e. The van der Waals surface area contributed by atoms with Crippen LogP contribution in [0.2, 0.25) is 5.02 Å². The molecule has 5 nitrogen and oxygen atoms in total. The third-order valence-electron chi connectivity index (χ3n) is 3.48. The SMILES string of the molecule is O=C1NC(=O)c2c1cccc2S(=O)(=O)c1cc(Cl)ccc1CBr. The number of carbonyl (C=O) groups is 2. The number of halogens is 2. The van der Waals surface area contributed by atoms with Crippen molar-refractivity contribution >= 4 is 49.2 Å². The smallest absolute Gasteiger partial charge is 0.260 e. The van der Waals surface area contributed by atoms with Crippen LogP contribution >= 0.6 is 27.5 Å². The van der Waals surface area contributed by atoms with Crippen molar-refractivity contribution in [3.8, 4) is 0 Å². The molecule has 0 aliphatic carbocycles. The summed E-state index contributed by atoms with van der Waals surface area (Å²) in [4.78, 5) is 23.5. The van der Waals surface area contributed by atoms with Crippen molar-refractivity contribution in [2.45, 2.75) is 15.1 Å². The Kier molecular flexibility index (Phi) is 4.03. The first kappa shape index (κ1) is 16.2. The van der Waals surface area contributed by atoms with Crippen LogP contribution < -0.4 is 5.32 Å². The molecule has 8 heteroatoms. The van der Waals surface area contributed by atoms with Gasteiger partial charge in [-0.25, -0.2) is 8.42 Å². The summed E-state index contributed by atoms with van der Waals surface area (Å²) >= 11 is 9.16. The van der Waals surface area contributed by atoms with Gasteiger partial charge in [0.1, 0.15) is 0 Å². The zero-order valence-electron chi connectivity index (χ0n) is 11.5. The van der Waals surface area contributed by atoms with Crippen molar-refractivity contribution in [3.05, 3.63) is 58.1 Å². The molecule has 23 heavy (non-hydrogen) atoms. The van der Waals surface area contributed by atoms with Crippen molar-refractivity contribution in [2.75, 3.05) is 0 Å². The molecule has 0 radical (unpaired) electrons. The van der Waals surface area contributed by atoms with Crippen LogP contribution in [0.3, 0.4) is 0 Å². The molecule has 1 aliphatic rings. The quantitative estimate of drug-likeness (QED) is 0.618. The van der Waals surface area contributed by atoms with E-state index in [1.54, 1.807) is 12.1 Å². The molecule has 1 aliphatic heterocycles. The second-order valence-electron chi connectivity index (χ2n) is 4.85. The molecule has 1 heterocycles. The summed E-state index contributed by atoms with van der Waals surface area (Å²) in [5.74, 6) is -1.32. The van der Waals surface area contributed by atoms with Crippen LogP contribution in [-0.4, -0.2) is 20.2 Å². The van der Waals surface area contributed by atoms with Gasteiger partial charge in [-0.05, 0) is 29.8 Å². The molecule has 0 saturated carbocycles. The number of amides is 2. The van der Waals surface area contributed by atoms with Crippen molar-refractivity contribution in [3.63, 3.8) is 0 Å². The number of carbonyl (C=O) groups excluding carboxylic acids is 2. The summed E-state index contributed by atoms with van der Waals surface area (Å²) in [5.41, 5.74) is 0.438. The van der Waals surface area contributed by atoms with Crippen LogP contribution in [0.1, 0.15) is 26.3 Å². The molecule has 1 N–H and O–H groups in total. The minimum absolute atomic E-state index is 0.00224. The highest BCUT2D eigenvalue weighted by molar-refractivity contribution is 9.08. The highest BCUT2D eigenvalue weighted by Crippen LogP contribution is 2.32. The number of nitrogens with one attached hydrogen (secondary N) is 1. The van der Waals surface area contributed by atoms with Gasteiger partial charge in [0.05, 0.1) is 20.9 Å². The van der Waals surface area contributed by atoms with E-state index in [9.17, 15) is 18.0 Å². The van der Waals surface area contributed by atoms with Crippen LogP contribution in [0, 0.1) is 0 Å². The lowest BCUT2D eigenvalue weighted by Gasteiger charge is -2.11. The second kappa shape index (κ2) is 5.74. The summed E-state index contributed by atoms with van der Waals surface area (Å²) < 4.78 is 26.0. The molecule has 3 rings (SSSR count). The highest BCUT2D eigenvalue weighted by atomic mass is 79.9. The Morgan fingerprint density at radius 3 is 2.48 bits per heavy atom. The van der Waals surface area contributed by atoms with E-state index in [0.29, 0.717) is 10.9 Å². The van der Waals surface area contributed by atoms with E-state index < -0.39 is 21.7 Å². The van der Waals surface area contributed by atoms with Gasteiger partial charge in [0.25, 0.3) is 11.8 Å². The zero-order chi connectivity index (χ0) is 16.8. The van der Waals surface area contributed by atoms with Gasteiger partial charge < -0.3 is 0 Å². The van der Waals surface area contributed by atoms with Gasteiger partial charge in [-0.15, -0.1) is 0 Å². The van der Waals surface area contributed by atoms with Crippen molar-refractivity contribution in [1.82, 2.24) is 5.32 Å². The van der Waals surface area contributed by atoms with Gasteiger partial charge in [0, 0.05) is 10.4 Å². The first-order valence-corrected chi connectivity index (χ1v) is 9.42. The zero-order valence-corrected chi connectivity index (χ0v) is 14.6. The molecule has 0 bridgehead atoms. The number of sulfone groups is 1. The molecule has 2 aromatic carbocycles. The molecule has 0 atom stereocenters. The van der Waals surface area contributed by atoms with Gasteiger partial charge in [-0.1, -0.05) is 39.7 Å². The predicted molar refractivity (Wildman–Crippen MR) is 87.8 cm³/mol. The first-order valence-electron chi connectivity index (χ1n) is 6.44. The number of fused-ring (bicyclic) bond motifs is 1. The van der Waals surface area contributed by atoms with E-state index in [1.165, 1.54) is 24.3 Å². The average molecular weight is 415 g/mol. The number of rotatable bonds is 3. The maximum absolute atomic E-state index is 13.0. The average Bonchev–Trinajstić information content (AvgIpc) is 2.82. The molecular formula is C15H9BrClNO4S. The van der Waals surface area contributed by atoms with Crippen LogP contribution in [0.4, 0.5) is 0 Å². The Bertz CT molecular complexity index is 956. The summed E-state index contributed by atoms with van der Waals surface area (Å²) in [6, 6.07) is 8.67. The van der Waals surface area contributed by atoms with Gasteiger partial charge in [0.15, 0.2) is 0 Å². The molecule has 0 spiro atoms. The van der Waals surface area contributed by atoms with Gasteiger partial charge in [-0.2, -0.15) is 0 Å². The molecule has 0 saturated heterocycles. The summed E-state index contributed by atoms with van der Waals surface area (Å²) in [6.07, 6.45) is 0.